The summed E-state index contributed by atoms with van der Waals surface area (Å²) in [5.74, 6) is -0.307. The highest BCUT2D eigenvalue weighted by Gasteiger charge is 2.26. The van der Waals surface area contributed by atoms with Crippen molar-refractivity contribution < 1.29 is 22.7 Å². The van der Waals surface area contributed by atoms with Gasteiger partial charge in [0.15, 0.2) is 0 Å². The van der Waals surface area contributed by atoms with Crippen molar-refractivity contribution in [2.75, 3.05) is 14.2 Å². The van der Waals surface area contributed by atoms with E-state index in [0.717, 1.165) is 0 Å². The average molecular weight is 428 g/mol. The topological polar surface area (TPSA) is 81.7 Å². The van der Waals surface area contributed by atoms with E-state index in [-0.39, 0.29) is 17.1 Å². The molecular weight excluding hydrogens is 410 g/mol. The van der Waals surface area contributed by atoms with Crippen LogP contribution < -0.4 is 9.46 Å². The highest BCUT2D eigenvalue weighted by Crippen LogP contribution is 2.29. The smallest absolute Gasteiger partial charge is 0.307 e. The third-order valence-electron chi connectivity index (χ3n) is 3.51. The second kappa shape index (κ2) is 8.46. The number of ether oxygens (including phenoxy) is 2. The lowest BCUT2D eigenvalue weighted by Gasteiger charge is -2.19. The van der Waals surface area contributed by atoms with Gasteiger partial charge in [0.25, 0.3) is 0 Å². The number of carbonyl (C=O) groups excluding carboxylic acids is 1. The van der Waals surface area contributed by atoms with Gasteiger partial charge >= 0.3 is 5.97 Å². The van der Waals surface area contributed by atoms with Crippen LogP contribution in [0.25, 0.3) is 0 Å². The van der Waals surface area contributed by atoms with Crippen LogP contribution in [0, 0.1) is 0 Å². The third kappa shape index (κ3) is 5.04. The van der Waals surface area contributed by atoms with Gasteiger partial charge in [-0.05, 0) is 23.8 Å². The number of hydrogen-bond acceptors (Lipinski definition) is 5. The van der Waals surface area contributed by atoms with Crippen LogP contribution >= 0.6 is 15.9 Å². The molecule has 2 aromatic rings. The molecule has 0 amide bonds. The minimum atomic E-state index is -3.94. The van der Waals surface area contributed by atoms with Crippen LogP contribution in [0.3, 0.4) is 0 Å². The van der Waals surface area contributed by atoms with Crippen molar-refractivity contribution in [3.63, 3.8) is 0 Å². The SMILES string of the molecule is COC(=O)CC(NS(=O)(=O)c1cc(Br)ccc1OC)c1ccccc1. The molecule has 0 fully saturated rings. The fraction of sp³-hybridized carbons (Fsp3) is 0.235. The molecular formula is C17H18BrNO5S. The molecule has 25 heavy (non-hydrogen) atoms. The highest BCUT2D eigenvalue weighted by atomic mass is 79.9. The van der Waals surface area contributed by atoms with Gasteiger partial charge in [-0.15, -0.1) is 0 Å². The Labute approximate surface area is 155 Å². The first-order chi connectivity index (χ1) is 11.9. The van der Waals surface area contributed by atoms with Crippen LogP contribution in [0.4, 0.5) is 0 Å². The molecule has 2 rings (SSSR count). The first kappa shape index (κ1) is 19.4. The van der Waals surface area contributed by atoms with Crippen LogP contribution in [0.2, 0.25) is 0 Å². The Bertz CT molecular complexity index is 839. The van der Waals surface area contributed by atoms with Gasteiger partial charge in [-0.1, -0.05) is 46.3 Å². The molecule has 134 valence electrons. The number of nitrogens with one attached hydrogen (secondary N) is 1. The Hall–Kier alpha value is -1.90. The molecule has 0 aliphatic rings. The molecule has 1 unspecified atom stereocenters. The fourth-order valence-corrected chi connectivity index (χ4v) is 4.21. The van der Waals surface area contributed by atoms with Crippen molar-refractivity contribution in [1.29, 1.82) is 0 Å². The normalized spacial score (nSPS) is 12.4. The Morgan fingerprint density at radius 2 is 1.84 bits per heavy atom. The molecule has 0 aliphatic carbocycles. The number of carbonyl (C=O) groups is 1. The van der Waals surface area contributed by atoms with Gasteiger partial charge in [-0.2, -0.15) is 0 Å². The Morgan fingerprint density at radius 3 is 2.44 bits per heavy atom. The van der Waals surface area contributed by atoms with Crippen LogP contribution in [0.15, 0.2) is 57.9 Å². The van der Waals surface area contributed by atoms with E-state index in [0.29, 0.717) is 10.0 Å². The fourth-order valence-electron chi connectivity index (χ4n) is 2.27. The third-order valence-corrected chi connectivity index (χ3v) is 5.50. The molecule has 0 spiro atoms. The van der Waals surface area contributed by atoms with E-state index in [1.165, 1.54) is 20.3 Å². The lowest BCUT2D eigenvalue weighted by molar-refractivity contribution is -0.141. The molecule has 8 heteroatoms. The number of hydrogen-bond donors (Lipinski definition) is 1. The number of halogens is 1. The lowest BCUT2D eigenvalue weighted by Crippen LogP contribution is -2.31. The van der Waals surface area contributed by atoms with Gasteiger partial charge < -0.3 is 9.47 Å². The number of rotatable bonds is 7. The van der Waals surface area contributed by atoms with E-state index in [1.807, 2.05) is 6.07 Å². The van der Waals surface area contributed by atoms with Crippen molar-refractivity contribution >= 4 is 31.9 Å². The van der Waals surface area contributed by atoms with E-state index >= 15 is 0 Å². The number of esters is 1. The lowest BCUT2D eigenvalue weighted by atomic mass is 10.1. The predicted molar refractivity (Wildman–Crippen MR) is 96.8 cm³/mol. The molecule has 2 aromatic carbocycles. The quantitative estimate of drug-likeness (QED) is 0.686. The summed E-state index contributed by atoms with van der Waals surface area (Å²) in [6.07, 6.45) is -0.129. The first-order valence-electron chi connectivity index (χ1n) is 7.35. The van der Waals surface area contributed by atoms with Gasteiger partial charge in [-0.3, -0.25) is 4.79 Å². The summed E-state index contributed by atoms with van der Waals surface area (Å²) in [6, 6.07) is 12.8. The van der Waals surface area contributed by atoms with Gasteiger partial charge in [-0.25, -0.2) is 13.1 Å². The molecule has 6 nitrogen and oxygen atoms in total. The van der Waals surface area contributed by atoms with E-state index in [2.05, 4.69) is 25.4 Å². The van der Waals surface area contributed by atoms with Crippen molar-refractivity contribution in [2.24, 2.45) is 0 Å². The van der Waals surface area contributed by atoms with Crippen LogP contribution in [0.1, 0.15) is 18.0 Å². The molecule has 0 aliphatic heterocycles. The molecule has 0 bridgehead atoms. The minimum absolute atomic E-state index is 0.0184. The van der Waals surface area contributed by atoms with E-state index in [4.69, 9.17) is 4.74 Å². The first-order valence-corrected chi connectivity index (χ1v) is 9.62. The molecule has 0 saturated heterocycles. The number of sulfonamides is 1. The van der Waals surface area contributed by atoms with E-state index < -0.39 is 22.0 Å². The van der Waals surface area contributed by atoms with Crippen LogP contribution in [0.5, 0.6) is 5.75 Å². The zero-order valence-electron chi connectivity index (χ0n) is 13.7. The minimum Gasteiger partial charge on any atom is -0.495 e. The van der Waals surface area contributed by atoms with Gasteiger partial charge in [0, 0.05) is 4.47 Å². The maximum atomic E-state index is 12.9. The standard InChI is InChI=1S/C17H18BrNO5S/c1-23-15-9-8-13(18)10-16(15)25(21,22)19-14(11-17(20)24-2)12-6-4-3-5-7-12/h3-10,14,19H,11H2,1-2H3. The summed E-state index contributed by atoms with van der Waals surface area (Å²) < 4.78 is 38.7. The van der Waals surface area contributed by atoms with Gasteiger partial charge in [0.05, 0.1) is 26.7 Å². The summed E-state index contributed by atoms with van der Waals surface area (Å²) >= 11 is 3.26. The summed E-state index contributed by atoms with van der Waals surface area (Å²) in [5.41, 5.74) is 0.658. The highest BCUT2D eigenvalue weighted by molar-refractivity contribution is 9.10. The van der Waals surface area contributed by atoms with Crippen molar-refractivity contribution in [3.8, 4) is 5.75 Å². The summed E-state index contributed by atoms with van der Waals surface area (Å²) in [5, 5.41) is 0. The Morgan fingerprint density at radius 1 is 1.16 bits per heavy atom. The maximum Gasteiger partial charge on any atom is 0.307 e. The number of benzene rings is 2. The van der Waals surface area contributed by atoms with Crippen LogP contribution in [-0.2, 0) is 19.6 Å². The predicted octanol–water partition coefficient (Wildman–Crippen LogP) is 3.04. The van der Waals surface area contributed by atoms with Crippen molar-refractivity contribution in [2.45, 2.75) is 17.4 Å². The second-order valence-corrected chi connectivity index (χ2v) is 7.76. The van der Waals surface area contributed by atoms with E-state index in [9.17, 15) is 13.2 Å². The largest absolute Gasteiger partial charge is 0.495 e. The molecule has 0 radical (unpaired) electrons. The zero-order valence-corrected chi connectivity index (χ0v) is 16.1. The average Bonchev–Trinajstić information content (AvgIpc) is 2.61. The second-order valence-electron chi connectivity index (χ2n) is 5.16. The molecule has 0 aromatic heterocycles. The van der Waals surface area contributed by atoms with E-state index in [1.54, 1.807) is 36.4 Å². The number of methoxy groups -OCH3 is 2. The Balaban J connectivity index is 2.40. The van der Waals surface area contributed by atoms with Crippen molar-refractivity contribution in [1.82, 2.24) is 4.72 Å². The summed E-state index contributed by atoms with van der Waals surface area (Å²) in [6.45, 7) is 0. The Kier molecular flexibility index (Phi) is 6.57. The van der Waals surface area contributed by atoms with Gasteiger partial charge in [0.2, 0.25) is 10.0 Å². The molecule has 0 heterocycles. The summed E-state index contributed by atoms with van der Waals surface area (Å²) in [7, 11) is -1.29. The molecule has 1 atom stereocenters. The summed E-state index contributed by atoms with van der Waals surface area (Å²) in [4.78, 5) is 11.7. The maximum absolute atomic E-state index is 12.9. The van der Waals surface area contributed by atoms with Crippen molar-refractivity contribution in [3.05, 3.63) is 58.6 Å². The van der Waals surface area contributed by atoms with Gasteiger partial charge in [0.1, 0.15) is 10.6 Å². The molecule has 1 N–H and O–H groups in total. The van der Waals surface area contributed by atoms with Crippen LogP contribution in [-0.4, -0.2) is 28.6 Å². The molecule has 0 saturated carbocycles. The zero-order chi connectivity index (χ0) is 18.4. The monoisotopic (exact) mass is 427 g/mol.